The van der Waals surface area contributed by atoms with Gasteiger partial charge in [-0.05, 0) is 12.1 Å². The summed E-state index contributed by atoms with van der Waals surface area (Å²) in [5.41, 5.74) is 0.984. The molecule has 0 saturated heterocycles. The van der Waals surface area contributed by atoms with E-state index >= 15 is 0 Å². The molecule has 0 aliphatic heterocycles. The van der Waals surface area contributed by atoms with Gasteiger partial charge in [0.1, 0.15) is 0 Å². The standard InChI is InChI=1S/C8H7N3/c1-2-4-8(5-3-1)11-9-6-7-10-11/h1-7H. The summed E-state index contributed by atoms with van der Waals surface area (Å²) in [6, 6.07) is 9.80. The fraction of sp³-hybridized carbons (Fsp3) is 0. The van der Waals surface area contributed by atoms with Gasteiger partial charge in [0.05, 0.1) is 18.1 Å². The zero-order chi connectivity index (χ0) is 7.52. The smallest absolute Gasteiger partial charge is 0.0856 e. The maximum atomic E-state index is 3.99. The Morgan fingerprint density at radius 1 is 0.909 bits per heavy atom. The van der Waals surface area contributed by atoms with E-state index in [0.29, 0.717) is 0 Å². The van der Waals surface area contributed by atoms with Crippen molar-refractivity contribution >= 4 is 0 Å². The number of para-hydroxylation sites is 1. The molecule has 0 unspecified atom stereocenters. The fourth-order valence-corrected chi connectivity index (χ4v) is 0.910. The van der Waals surface area contributed by atoms with Gasteiger partial charge in [-0.3, -0.25) is 0 Å². The molecule has 0 saturated carbocycles. The van der Waals surface area contributed by atoms with Crippen molar-refractivity contribution in [2.24, 2.45) is 0 Å². The summed E-state index contributed by atoms with van der Waals surface area (Å²) in [6.07, 6.45) is 3.32. The summed E-state index contributed by atoms with van der Waals surface area (Å²) in [4.78, 5) is 1.58. The average molecular weight is 145 g/mol. The Labute approximate surface area is 64.3 Å². The van der Waals surface area contributed by atoms with Gasteiger partial charge in [-0.2, -0.15) is 15.0 Å². The summed E-state index contributed by atoms with van der Waals surface area (Å²) in [5.74, 6) is 0. The second-order valence-corrected chi connectivity index (χ2v) is 2.15. The molecule has 1 aromatic heterocycles. The summed E-state index contributed by atoms with van der Waals surface area (Å²) >= 11 is 0. The van der Waals surface area contributed by atoms with Crippen molar-refractivity contribution in [2.45, 2.75) is 0 Å². The van der Waals surface area contributed by atoms with Gasteiger partial charge in [-0.1, -0.05) is 18.2 Å². The van der Waals surface area contributed by atoms with E-state index in [-0.39, 0.29) is 0 Å². The predicted octanol–water partition coefficient (Wildman–Crippen LogP) is 1.27. The molecule has 0 aliphatic carbocycles. The first-order valence-electron chi connectivity index (χ1n) is 3.38. The lowest BCUT2D eigenvalue weighted by molar-refractivity contribution is 0.752. The van der Waals surface area contributed by atoms with Crippen LogP contribution in [0.2, 0.25) is 0 Å². The molecule has 3 heteroatoms. The molecule has 0 aliphatic rings. The normalized spacial score (nSPS) is 9.82. The molecule has 54 valence electrons. The Hall–Kier alpha value is -1.64. The zero-order valence-corrected chi connectivity index (χ0v) is 5.88. The van der Waals surface area contributed by atoms with E-state index in [0.717, 1.165) is 5.69 Å². The minimum Gasteiger partial charge on any atom is -0.157 e. The van der Waals surface area contributed by atoms with Gasteiger partial charge in [0.2, 0.25) is 0 Å². The Kier molecular flexibility index (Phi) is 1.41. The highest BCUT2D eigenvalue weighted by Gasteiger charge is 1.92. The molecule has 11 heavy (non-hydrogen) atoms. The highest BCUT2D eigenvalue weighted by molar-refractivity contribution is 5.27. The van der Waals surface area contributed by atoms with Crippen molar-refractivity contribution in [3.05, 3.63) is 42.7 Å². The summed E-state index contributed by atoms with van der Waals surface area (Å²) in [7, 11) is 0. The fourth-order valence-electron chi connectivity index (χ4n) is 0.910. The molecule has 0 bridgehead atoms. The molecule has 2 rings (SSSR count). The van der Waals surface area contributed by atoms with Crippen LogP contribution in [-0.4, -0.2) is 15.0 Å². The van der Waals surface area contributed by atoms with E-state index in [1.54, 1.807) is 17.2 Å². The molecule has 0 atom stereocenters. The van der Waals surface area contributed by atoms with Crippen LogP contribution in [0.5, 0.6) is 0 Å². The van der Waals surface area contributed by atoms with Crippen molar-refractivity contribution in [1.82, 2.24) is 15.0 Å². The van der Waals surface area contributed by atoms with E-state index in [1.165, 1.54) is 0 Å². The van der Waals surface area contributed by atoms with Gasteiger partial charge >= 0.3 is 0 Å². The molecule has 0 amide bonds. The Balaban J connectivity index is 2.46. The summed E-state index contributed by atoms with van der Waals surface area (Å²) in [5, 5.41) is 7.98. The second-order valence-electron chi connectivity index (χ2n) is 2.15. The van der Waals surface area contributed by atoms with Gasteiger partial charge in [0.25, 0.3) is 0 Å². The predicted molar refractivity (Wildman–Crippen MR) is 41.4 cm³/mol. The van der Waals surface area contributed by atoms with Crippen molar-refractivity contribution in [3.63, 3.8) is 0 Å². The van der Waals surface area contributed by atoms with Crippen LogP contribution >= 0.6 is 0 Å². The number of rotatable bonds is 1. The van der Waals surface area contributed by atoms with Gasteiger partial charge < -0.3 is 0 Å². The van der Waals surface area contributed by atoms with Crippen LogP contribution in [0.1, 0.15) is 0 Å². The molecule has 0 fully saturated rings. The molecular weight excluding hydrogens is 138 g/mol. The summed E-state index contributed by atoms with van der Waals surface area (Å²) in [6.45, 7) is 0. The van der Waals surface area contributed by atoms with E-state index < -0.39 is 0 Å². The number of hydrogen-bond acceptors (Lipinski definition) is 2. The van der Waals surface area contributed by atoms with Crippen LogP contribution in [0.25, 0.3) is 5.69 Å². The molecule has 1 aromatic carbocycles. The highest BCUT2D eigenvalue weighted by atomic mass is 15.5. The monoisotopic (exact) mass is 145 g/mol. The maximum absolute atomic E-state index is 3.99. The molecule has 0 spiro atoms. The highest BCUT2D eigenvalue weighted by Crippen LogP contribution is 2.00. The Morgan fingerprint density at radius 3 is 2.18 bits per heavy atom. The number of nitrogens with zero attached hydrogens (tertiary/aromatic N) is 3. The van der Waals surface area contributed by atoms with Crippen LogP contribution < -0.4 is 0 Å². The van der Waals surface area contributed by atoms with E-state index in [9.17, 15) is 0 Å². The van der Waals surface area contributed by atoms with Crippen LogP contribution in [0.3, 0.4) is 0 Å². The van der Waals surface area contributed by atoms with Crippen LogP contribution in [0, 0.1) is 0 Å². The Bertz CT molecular complexity index is 312. The SMILES string of the molecule is c1ccc(-n2nccn2)cc1. The van der Waals surface area contributed by atoms with Gasteiger partial charge in [0, 0.05) is 0 Å². The van der Waals surface area contributed by atoms with Gasteiger partial charge in [0.15, 0.2) is 0 Å². The van der Waals surface area contributed by atoms with Crippen molar-refractivity contribution in [3.8, 4) is 5.69 Å². The summed E-state index contributed by atoms with van der Waals surface area (Å²) < 4.78 is 0. The molecular formula is C8H7N3. The van der Waals surface area contributed by atoms with Gasteiger partial charge in [-0.25, -0.2) is 0 Å². The Morgan fingerprint density at radius 2 is 1.55 bits per heavy atom. The minimum atomic E-state index is 0.984. The van der Waals surface area contributed by atoms with E-state index in [2.05, 4.69) is 10.2 Å². The number of benzene rings is 1. The third-order valence-corrected chi connectivity index (χ3v) is 1.41. The molecule has 1 heterocycles. The average Bonchev–Trinajstić information content (AvgIpc) is 2.58. The molecule has 0 N–H and O–H groups in total. The first-order valence-corrected chi connectivity index (χ1v) is 3.38. The number of aromatic nitrogens is 3. The zero-order valence-electron chi connectivity index (χ0n) is 5.88. The lowest BCUT2D eigenvalue weighted by Crippen LogP contribution is -1.96. The quantitative estimate of drug-likeness (QED) is 0.605. The van der Waals surface area contributed by atoms with Crippen LogP contribution in [0.4, 0.5) is 0 Å². The van der Waals surface area contributed by atoms with Crippen LogP contribution in [0.15, 0.2) is 42.7 Å². The maximum Gasteiger partial charge on any atom is 0.0856 e. The lowest BCUT2D eigenvalue weighted by atomic mass is 10.3. The van der Waals surface area contributed by atoms with E-state index in [4.69, 9.17) is 0 Å². The largest absolute Gasteiger partial charge is 0.157 e. The topological polar surface area (TPSA) is 30.7 Å². The molecule has 2 aromatic rings. The first-order chi connectivity index (χ1) is 5.47. The van der Waals surface area contributed by atoms with Crippen molar-refractivity contribution < 1.29 is 0 Å². The lowest BCUT2D eigenvalue weighted by Gasteiger charge is -1.95. The van der Waals surface area contributed by atoms with E-state index in [1.807, 2.05) is 30.3 Å². The first kappa shape index (κ1) is 6.09. The second kappa shape index (κ2) is 2.54. The molecule has 0 radical (unpaired) electrons. The van der Waals surface area contributed by atoms with Crippen molar-refractivity contribution in [2.75, 3.05) is 0 Å². The number of hydrogen-bond donors (Lipinski definition) is 0. The third-order valence-electron chi connectivity index (χ3n) is 1.41. The van der Waals surface area contributed by atoms with Gasteiger partial charge in [-0.15, -0.1) is 0 Å². The minimum absolute atomic E-state index is 0.984. The van der Waals surface area contributed by atoms with Crippen LogP contribution in [-0.2, 0) is 0 Å². The third kappa shape index (κ3) is 1.12. The van der Waals surface area contributed by atoms with Crippen molar-refractivity contribution in [1.29, 1.82) is 0 Å². The molecule has 3 nitrogen and oxygen atoms in total.